The molecular formula is C13H18N6O. The number of hydrogen-bond acceptors (Lipinski definition) is 6. The third-order valence-corrected chi connectivity index (χ3v) is 4.00. The van der Waals surface area contributed by atoms with Crippen LogP contribution in [-0.2, 0) is 10.2 Å². The van der Waals surface area contributed by atoms with Gasteiger partial charge in [0.25, 0.3) is 0 Å². The Morgan fingerprint density at radius 1 is 1.15 bits per heavy atom. The number of H-pyrrole nitrogens is 1. The van der Waals surface area contributed by atoms with Crippen molar-refractivity contribution in [3.8, 4) is 0 Å². The van der Waals surface area contributed by atoms with E-state index in [-0.39, 0.29) is 5.41 Å². The van der Waals surface area contributed by atoms with Crippen molar-refractivity contribution in [2.24, 2.45) is 5.41 Å². The summed E-state index contributed by atoms with van der Waals surface area (Å²) in [7, 11) is 0. The molecule has 1 spiro atoms. The van der Waals surface area contributed by atoms with Crippen LogP contribution in [0.15, 0.2) is 0 Å². The van der Waals surface area contributed by atoms with E-state index in [9.17, 15) is 0 Å². The summed E-state index contributed by atoms with van der Waals surface area (Å²) in [5.41, 5.74) is 1.64. The van der Waals surface area contributed by atoms with Gasteiger partial charge in [-0.2, -0.15) is 10.3 Å². The third kappa shape index (κ3) is 1.62. The van der Waals surface area contributed by atoms with Gasteiger partial charge in [-0.1, -0.05) is 20.8 Å². The molecule has 0 radical (unpaired) electrons. The van der Waals surface area contributed by atoms with Gasteiger partial charge in [-0.3, -0.25) is 0 Å². The minimum absolute atomic E-state index is 0.107. The van der Waals surface area contributed by atoms with Gasteiger partial charge in [0.1, 0.15) is 5.82 Å². The van der Waals surface area contributed by atoms with E-state index < -0.39 is 0 Å². The molecule has 0 atom stereocenters. The van der Waals surface area contributed by atoms with Crippen LogP contribution in [0.1, 0.15) is 26.6 Å². The summed E-state index contributed by atoms with van der Waals surface area (Å²) in [6.45, 7) is 10.0. The fraction of sp³-hybridized carbons (Fsp3) is 0.692. The summed E-state index contributed by atoms with van der Waals surface area (Å²) in [5, 5.41) is 11.0. The third-order valence-electron chi connectivity index (χ3n) is 4.00. The van der Waals surface area contributed by atoms with Gasteiger partial charge in [-0.05, 0) is 0 Å². The largest absolute Gasteiger partial charge is 0.380 e. The predicted octanol–water partition coefficient (Wildman–Crippen LogP) is 0.882. The number of nitrogens with one attached hydrogen (secondary N) is 1. The van der Waals surface area contributed by atoms with Crippen LogP contribution in [0.3, 0.4) is 0 Å². The van der Waals surface area contributed by atoms with Crippen molar-refractivity contribution in [2.75, 3.05) is 31.2 Å². The molecule has 0 bridgehead atoms. The zero-order valence-corrected chi connectivity index (χ0v) is 12.0. The Balaban J connectivity index is 1.75. The summed E-state index contributed by atoms with van der Waals surface area (Å²) in [5.74, 6) is 1.70. The Hall–Kier alpha value is -1.76. The molecule has 2 aliphatic rings. The Morgan fingerprint density at radius 2 is 1.90 bits per heavy atom. The first-order chi connectivity index (χ1) is 9.47. The Morgan fingerprint density at radius 3 is 2.50 bits per heavy atom. The maximum absolute atomic E-state index is 5.32. The van der Waals surface area contributed by atoms with Crippen molar-refractivity contribution in [2.45, 2.75) is 26.2 Å². The Labute approximate surface area is 116 Å². The number of fused-ring (bicyclic) bond motifs is 1. The molecule has 2 aliphatic heterocycles. The number of aromatic amines is 1. The van der Waals surface area contributed by atoms with Crippen LogP contribution in [0.25, 0.3) is 11.2 Å². The molecule has 0 amide bonds. The number of ether oxygens (including phenoxy) is 1. The van der Waals surface area contributed by atoms with Crippen LogP contribution >= 0.6 is 0 Å². The van der Waals surface area contributed by atoms with Gasteiger partial charge in [0, 0.05) is 18.5 Å². The lowest BCUT2D eigenvalue weighted by atomic mass is 9.78. The number of hydrogen-bond donors (Lipinski definition) is 1. The average molecular weight is 274 g/mol. The quantitative estimate of drug-likeness (QED) is 0.831. The summed E-state index contributed by atoms with van der Waals surface area (Å²) in [6.07, 6.45) is 0. The molecular weight excluding hydrogens is 256 g/mol. The first-order valence-electron chi connectivity index (χ1n) is 6.89. The molecule has 1 N–H and O–H groups in total. The average Bonchev–Trinajstić information content (AvgIpc) is 2.71. The van der Waals surface area contributed by atoms with E-state index in [1.807, 2.05) is 0 Å². The highest BCUT2D eigenvalue weighted by molar-refractivity contribution is 5.83. The van der Waals surface area contributed by atoms with Crippen molar-refractivity contribution < 1.29 is 4.74 Å². The van der Waals surface area contributed by atoms with Gasteiger partial charge in [0.2, 0.25) is 5.65 Å². The number of nitrogens with zero attached hydrogens (tertiary/aromatic N) is 5. The Bertz CT molecular complexity index is 661. The molecule has 2 aromatic rings. The maximum atomic E-state index is 5.32. The molecule has 0 aromatic carbocycles. The van der Waals surface area contributed by atoms with Gasteiger partial charge in [-0.15, -0.1) is 5.10 Å². The van der Waals surface area contributed by atoms with E-state index in [0.29, 0.717) is 11.1 Å². The van der Waals surface area contributed by atoms with Gasteiger partial charge in [0.05, 0.1) is 18.6 Å². The van der Waals surface area contributed by atoms with E-state index in [1.165, 1.54) is 0 Å². The second kappa shape index (κ2) is 3.66. The highest BCUT2D eigenvalue weighted by atomic mass is 16.5. The molecule has 4 rings (SSSR count). The highest BCUT2D eigenvalue weighted by Gasteiger charge is 2.50. The van der Waals surface area contributed by atoms with E-state index in [0.717, 1.165) is 43.5 Å². The minimum Gasteiger partial charge on any atom is -0.380 e. The molecule has 0 aliphatic carbocycles. The lowest BCUT2D eigenvalue weighted by Crippen LogP contribution is -2.66. The number of aromatic nitrogens is 5. The molecule has 2 saturated heterocycles. The van der Waals surface area contributed by atoms with Crippen LogP contribution in [0.5, 0.6) is 0 Å². The van der Waals surface area contributed by atoms with Gasteiger partial charge in [0.15, 0.2) is 11.3 Å². The van der Waals surface area contributed by atoms with E-state index in [2.05, 4.69) is 46.1 Å². The number of rotatable bonds is 1. The summed E-state index contributed by atoms with van der Waals surface area (Å²) in [6, 6.07) is 0. The monoisotopic (exact) mass is 274 g/mol. The van der Waals surface area contributed by atoms with Gasteiger partial charge in [-0.25, -0.2) is 9.97 Å². The first-order valence-corrected chi connectivity index (χ1v) is 6.89. The van der Waals surface area contributed by atoms with Crippen LogP contribution in [0, 0.1) is 5.41 Å². The lowest BCUT2D eigenvalue weighted by molar-refractivity contribution is -0.127. The van der Waals surface area contributed by atoms with Crippen molar-refractivity contribution in [3.05, 3.63) is 5.82 Å². The van der Waals surface area contributed by atoms with Gasteiger partial charge < -0.3 is 9.64 Å². The SMILES string of the molecule is CC(C)(C)c1nc(N2CC3(COC3)C2)c2n[nH]nc2n1. The first kappa shape index (κ1) is 12.0. The van der Waals surface area contributed by atoms with Gasteiger partial charge >= 0.3 is 0 Å². The van der Waals surface area contributed by atoms with Crippen LogP contribution in [0.4, 0.5) is 5.82 Å². The molecule has 4 heterocycles. The zero-order chi connectivity index (χ0) is 14.0. The lowest BCUT2D eigenvalue weighted by Gasteiger charge is -2.55. The second-order valence-corrected chi connectivity index (χ2v) is 6.97. The summed E-state index contributed by atoms with van der Waals surface area (Å²) >= 11 is 0. The fourth-order valence-electron chi connectivity index (χ4n) is 2.77. The molecule has 0 unspecified atom stereocenters. The van der Waals surface area contributed by atoms with E-state index in [1.54, 1.807) is 0 Å². The molecule has 20 heavy (non-hydrogen) atoms. The predicted molar refractivity (Wildman–Crippen MR) is 73.6 cm³/mol. The van der Waals surface area contributed by atoms with Crippen molar-refractivity contribution >= 4 is 17.0 Å². The topological polar surface area (TPSA) is 79.8 Å². The smallest absolute Gasteiger partial charge is 0.207 e. The molecule has 2 aromatic heterocycles. The van der Waals surface area contributed by atoms with Crippen molar-refractivity contribution in [3.63, 3.8) is 0 Å². The second-order valence-electron chi connectivity index (χ2n) is 6.97. The van der Waals surface area contributed by atoms with Crippen LogP contribution in [0.2, 0.25) is 0 Å². The molecule has 0 saturated carbocycles. The molecule has 7 heteroatoms. The number of anilines is 1. The fourth-order valence-corrected chi connectivity index (χ4v) is 2.77. The van der Waals surface area contributed by atoms with Crippen LogP contribution < -0.4 is 4.90 Å². The summed E-state index contributed by atoms with van der Waals surface area (Å²) in [4.78, 5) is 11.5. The van der Waals surface area contributed by atoms with Crippen LogP contribution in [-0.4, -0.2) is 51.7 Å². The normalized spacial score (nSPS) is 21.1. The maximum Gasteiger partial charge on any atom is 0.207 e. The zero-order valence-electron chi connectivity index (χ0n) is 12.0. The highest BCUT2D eigenvalue weighted by Crippen LogP contribution is 2.41. The van der Waals surface area contributed by atoms with E-state index in [4.69, 9.17) is 9.72 Å². The van der Waals surface area contributed by atoms with Crippen molar-refractivity contribution in [1.29, 1.82) is 0 Å². The summed E-state index contributed by atoms with van der Waals surface area (Å²) < 4.78 is 5.32. The molecule has 7 nitrogen and oxygen atoms in total. The molecule has 106 valence electrons. The minimum atomic E-state index is -0.107. The molecule has 2 fully saturated rings. The Kier molecular flexibility index (Phi) is 2.20. The van der Waals surface area contributed by atoms with E-state index >= 15 is 0 Å². The standard InChI is InChI=1S/C13H18N6O/c1-12(2,3)11-14-9-8(16-18-17-9)10(15-11)19-4-13(5-19)6-20-7-13/h4-7H2,1-3H3,(H,14,15,16,17,18). The van der Waals surface area contributed by atoms with Crippen molar-refractivity contribution in [1.82, 2.24) is 25.4 Å².